The molecule has 3 aromatic rings. The smallest absolute Gasteiger partial charge is 0.318 e. The lowest BCUT2D eigenvalue weighted by Gasteiger charge is -2.37. The second-order valence-corrected chi connectivity index (χ2v) is 9.37. The number of aromatic nitrogens is 3. The summed E-state index contributed by atoms with van der Waals surface area (Å²) >= 11 is 0. The van der Waals surface area contributed by atoms with Crippen LogP contribution in [0.25, 0.3) is 11.3 Å². The fraction of sp³-hybridized carbons (Fsp3) is 0.360. The predicted molar refractivity (Wildman–Crippen MR) is 124 cm³/mol. The average molecular weight is 498 g/mol. The Morgan fingerprint density at radius 1 is 1.03 bits per heavy atom. The number of aliphatic imine (C=N–C) groups is 1. The molecule has 0 bridgehead atoms. The van der Waals surface area contributed by atoms with E-state index in [0.717, 1.165) is 10.6 Å². The first-order valence-corrected chi connectivity index (χ1v) is 11.7. The van der Waals surface area contributed by atoms with Crippen molar-refractivity contribution in [2.24, 2.45) is 4.99 Å². The maximum atomic E-state index is 13.8. The summed E-state index contributed by atoms with van der Waals surface area (Å²) in [5.41, 5.74) is 0.642. The van der Waals surface area contributed by atoms with Crippen LogP contribution in [0.3, 0.4) is 0 Å². The van der Waals surface area contributed by atoms with E-state index in [2.05, 4.69) is 9.97 Å². The summed E-state index contributed by atoms with van der Waals surface area (Å²) in [5.74, 6) is -0.136. The van der Waals surface area contributed by atoms with Crippen LogP contribution in [0.2, 0.25) is 0 Å². The summed E-state index contributed by atoms with van der Waals surface area (Å²) in [6, 6.07) is 6.27. The molecule has 1 atom stereocenters. The summed E-state index contributed by atoms with van der Waals surface area (Å²) in [6.07, 6.45) is 6.13. The van der Waals surface area contributed by atoms with Crippen LogP contribution in [0.15, 0.2) is 54.0 Å². The van der Waals surface area contributed by atoms with Gasteiger partial charge in [0.2, 0.25) is 0 Å². The molecule has 0 N–H and O–H groups in total. The van der Waals surface area contributed by atoms with E-state index >= 15 is 0 Å². The van der Waals surface area contributed by atoms with Gasteiger partial charge in [0.25, 0.3) is 5.91 Å². The fourth-order valence-corrected chi connectivity index (χ4v) is 5.46. The molecule has 0 saturated carbocycles. The highest BCUT2D eigenvalue weighted by Crippen LogP contribution is 2.44. The number of hydrogen-bond acceptors (Lipinski definition) is 5. The summed E-state index contributed by atoms with van der Waals surface area (Å²) in [6.45, 7) is -1.59. The maximum Gasteiger partial charge on any atom is 0.318 e. The lowest BCUT2D eigenvalue weighted by atomic mass is 9.87. The van der Waals surface area contributed by atoms with Crippen molar-refractivity contribution in [3.05, 3.63) is 66.3 Å². The molecule has 0 radical (unpaired) electrons. The number of halogens is 4. The molecule has 6 rings (SSSR count). The first-order chi connectivity index (χ1) is 17.3. The Balaban J connectivity index is 1.19. The molecule has 0 unspecified atom stereocenters. The van der Waals surface area contributed by atoms with Crippen LogP contribution < -0.4 is 4.90 Å². The topological polar surface area (TPSA) is 66.6 Å². The standard InChI is InChI=1S/C25H22F4N6O/c26-17-9-16(10-18(27)11-17)20-1-2-21-32-25(23(36)35(20)21)4-7-33(8-5-25)22-12-19(30-14-31-22)15-3-6-34(13-15)24(28)29/h3,6,9-14,20,24H,1-2,4-5,7-8H2/t20-/m0/s1. The molecule has 1 spiro atoms. The van der Waals surface area contributed by atoms with Crippen LogP contribution >= 0.6 is 0 Å². The number of nitrogens with zero attached hydrogens (tertiary/aromatic N) is 6. The Hall–Kier alpha value is -3.76. The predicted octanol–water partition coefficient (Wildman–Crippen LogP) is 4.73. The minimum absolute atomic E-state index is 0.124. The van der Waals surface area contributed by atoms with Gasteiger partial charge in [0.1, 0.15) is 35.2 Å². The number of carbonyl (C=O) groups is 1. The Bertz CT molecular complexity index is 1340. The van der Waals surface area contributed by atoms with Crippen LogP contribution in [0.1, 0.15) is 43.8 Å². The zero-order valence-corrected chi connectivity index (χ0v) is 19.1. The van der Waals surface area contributed by atoms with Crippen molar-refractivity contribution in [1.29, 1.82) is 0 Å². The van der Waals surface area contributed by atoms with E-state index < -0.39 is 29.8 Å². The second kappa shape index (κ2) is 8.42. The highest BCUT2D eigenvalue weighted by molar-refractivity contribution is 6.10. The highest BCUT2D eigenvalue weighted by atomic mass is 19.3. The van der Waals surface area contributed by atoms with Crippen molar-refractivity contribution in [2.45, 2.75) is 43.8 Å². The first kappa shape index (κ1) is 22.7. The average Bonchev–Trinajstić information content (AvgIpc) is 3.56. The van der Waals surface area contributed by atoms with Gasteiger partial charge < -0.3 is 4.90 Å². The molecular formula is C25H22F4N6O. The van der Waals surface area contributed by atoms with Gasteiger partial charge in [-0.3, -0.25) is 19.3 Å². The SMILES string of the molecule is O=C1N2C(=NC13CCN(c1cc(-c4ccn(C(F)F)c4)ncn1)CC3)CC[C@H]2c1cc(F)cc(F)c1. The second-order valence-electron chi connectivity index (χ2n) is 9.37. The molecule has 2 fully saturated rings. The third kappa shape index (κ3) is 3.73. The molecule has 2 saturated heterocycles. The molecule has 3 aliphatic heterocycles. The van der Waals surface area contributed by atoms with Crippen molar-refractivity contribution in [2.75, 3.05) is 18.0 Å². The van der Waals surface area contributed by atoms with Gasteiger partial charge in [-0.05, 0) is 43.0 Å². The molecular weight excluding hydrogens is 476 g/mol. The van der Waals surface area contributed by atoms with Gasteiger partial charge in [-0.1, -0.05) is 0 Å². The van der Waals surface area contributed by atoms with Gasteiger partial charge in [0.05, 0.1) is 11.7 Å². The largest absolute Gasteiger partial charge is 0.356 e. The third-order valence-corrected chi connectivity index (χ3v) is 7.26. The molecule has 0 aliphatic carbocycles. The molecule has 1 aromatic carbocycles. The number of rotatable bonds is 4. The summed E-state index contributed by atoms with van der Waals surface area (Å²) in [4.78, 5) is 30.6. The van der Waals surface area contributed by atoms with E-state index in [1.807, 2.05) is 4.90 Å². The summed E-state index contributed by atoms with van der Waals surface area (Å²) < 4.78 is 54.3. The van der Waals surface area contributed by atoms with E-state index in [9.17, 15) is 22.4 Å². The number of carbonyl (C=O) groups excluding carboxylic acids is 1. The molecule has 36 heavy (non-hydrogen) atoms. The molecule has 1 amide bonds. The van der Waals surface area contributed by atoms with E-state index in [4.69, 9.17) is 4.99 Å². The lowest BCUT2D eigenvalue weighted by molar-refractivity contribution is -0.133. The molecule has 2 aromatic heterocycles. The van der Waals surface area contributed by atoms with Crippen molar-refractivity contribution >= 4 is 17.6 Å². The quantitative estimate of drug-likeness (QED) is 0.488. The van der Waals surface area contributed by atoms with Crippen LogP contribution in [-0.2, 0) is 4.79 Å². The number of fused-ring (bicyclic) bond motifs is 1. The minimum Gasteiger partial charge on any atom is -0.356 e. The maximum absolute atomic E-state index is 13.8. The van der Waals surface area contributed by atoms with Gasteiger partial charge in [-0.2, -0.15) is 8.78 Å². The van der Waals surface area contributed by atoms with Crippen molar-refractivity contribution in [3.8, 4) is 11.3 Å². The Kier molecular flexibility index (Phi) is 5.31. The van der Waals surface area contributed by atoms with E-state index in [-0.39, 0.29) is 5.91 Å². The number of amidine groups is 1. The van der Waals surface area contributed by atoms with Crippen LogP contribution in [0.4, 0.5) is 23.4 Å². The zero-order chi connectivity index (χ0) is 25.0. The Labute approximate surface area is 204 Å². The molecule has 7 nitrogen and oxygen atoms in total. The molecule has 11 heteroatoms. The van der Waals surface area contributed by atoms with Crippen molar-refractivity contribution in [1.82, 2.24) is 19.4 Å². The highest BCUT2D eigenvalue weighted by Gasteiger charge is 2.53. The number of piperidine rings is 1. The summed E-state index contributed by atoms with van der Waals surface area (Å²) in [7, 11) is 0. The number of amides is 1. The third-order valence-electron chi connectivity index (χ3n) is 7.26. The van der Waals surface area contributed by atoms with Crippen molar-refractivity contribution in [3.63, 3.8) is 0 Å². The van der Waals surface area contributed by atoms with Gasteiger partial charge in [-0.15, -0.1) is 0 Å². The van der Waals surface area contributed by atoms with Gasteiger partial charge in [-0.25, -0.2) is 18.7 Å². The van der Waals surface area contributed by atoms with Crippen LogP contribution in [0.5, 0.6) is 0 Å². The number of anilines is 1. The van der Waals surface area contributed by atoms with E-state index in [0.29, 0.717) is 67.2 Å². The van der Waals surface area contributed by atoms with Gasteiger partial charge in [0, 0.05) is 49.6 Å². The van der Waals surface area contributed by atoms with Gasteiger partial charge >= 0.3 is 6.55 Å². The number of hydrogen-bond donors (Lipinski definition) is 0. The minimum atomic E-state index is -2.63. The van der Waals surface area contributed by atoms with Crippen LogP contribution in [0, 0.1) is 11.6 Å². The van der Waals surface area contributed by atoms with E-state index in [1.165, 1.54) is 30.9 Å². The zero-order valence-electron chi connectivity index (χ0n) is 19.1. The monoisotopic (exact) mass is 498 g/mol. The number of alkyl halides is 2. The normalized spacial score (nSPS) is 21.0. The fourth-order valence-electron chi connectivity index (χ4n) is 5.46. The van der Waals surface area contributed by atoms with Crippen LogP contribution in [-0.4, -0.2) is 49.8 Å². The molecule has 186 valence electrons. The van der Waals surface area contributed by atoms with Gasteiger partial charge in [0.15, 0.2) is 0 Å². The van der Waals surface area contributed by atoms with E-state index in [1.54, 1.807) is 17.0 Å². The molecule has 5 heterocycles. The van der Waals surface area contributed by atoms with Crippen molar-refractivity contribution < 1.29 is 22.4 Å². The Morgan fingerprint density at radius 3 is 2.47 bits per heavy atom. The molecule has 3 aliphatic rings. The summed E-state index contributed by atoms with van der Waals surface area (Å²) in [5, 5.41) is 0. The lowest BCUT2D eigenvalue weighted by Crippen LogP contribution is -2.50. The first-order valence-electron chi connectivity index (χ1n) is 11.7. The number of benzene rings is 1. The Morgan fingerprint density at radius 2 is 1.78 bits per heavy atom.